The predicted octanol–water partition coefficient (Wildman–Crippen LogP) is 7.32. The van der Waals surface area contributed by atoms with Crippen LogP contribution in [0.2, 0.25) is 0 Å². The van der Waals surface area contributed by atoms with Crippen LogP contribution in [0.15, 0.2) is 63.5 Å². The summed E-state index contributed by atoms with van der Waals surface area (Å²) in [4.78, 5) is 4.84. The molecular weight excluding hydrogens is 405 g/mol. The lowest BCUT2D eigenvalue weighted by molar-refractivity contribution is 0.608. The molecule has 0 aliphatic heterocycles. The zero-order valence-electron chi connectivity index (χ0n) is 14.8. The van der Waals surface area contributed by atoms with Crippen LogP contribution in [-0.4, -0.2) is 4.98 Å². The molecule has 0 fully saturated rings. The van der Waals surface area contributed by atoms with Crippen molar-refractivity contribution in [3.63, 3.8) is 0 Å². The number of aryl methyl sites for hydroxylation is 2. The fourth-order valence-corrected chi connectivity index (χ4v) is 4.21. The summed E-state index contributed by atoms with van der Waals surface area (Å²) in [6, 6.07) is 17.5. The minimum atomic E-state index is -0.258. The third-order valence-electron chi connectivity index (χ3n) is 5.01. The minimum absolute atomic E-state index is 0.258. The van der Waals surface area contributed by atoms with Crippen LogP contribution in [0.4, 0.5) is 4.39 Å². The first-order chi connectivity index (χ1) is 13.0. The van der Waals surface area contributed by atoms with Crippen LogP contribution >= 0.6 is 15.9 Å². The highest BCUT2D eigenvalue weighted by atomic mass is 79.9. The topological polar surface area (TPSA) is 26.0 Å². The van der Waals surface area contributed by atoms with Crippen LogP contribution in [0.5, 0.6) is 0 Å². The maximum atomic E-state index is 14.0. The molecule has 0 aliphatic carbocycles. The van der Waals surface area contributed by atoms with Crippen molar-refractivity contribution < 1.29 is 8.81 Å². The number of hydrogen-bond donors (Lipinski definition) is 0. The van der Waals surface area contributed by atoms with Crippen molar-refractivity contribution in [2.45, 2.75) is 13.8 Å². The molecule has 27 heavy (non-hydrogen) atoms. The molecule has 4 heteroatoms. The molecule has 0 saturated heterocycles. The monoisotopic (exact) mass is 419 g/mol. The second-order valence-electron chi connectivity index (χ2n) is 6.85. The molecule has 2 aromatic heterocycles. The number of para-hydroxylation sites is 1. The van der Waals surface area contributed by atoms with Gasteiger partial charge in [0.05, 0.1) is 11.2 Å². The smallest absolute Gasteiger partial charge is 0.144 e. The number of aromatic nitrogens is 1. The number of furan rings is 1. The SMILES string of the molecule is Cc1cc(-c2cc(Br)c3ccccc3n2)c2oc3c(C)c(F)ccc3c2c1. The summed E-state index contributed by atoms with van der Waals surface area (Å²) in [6.45, 7) is 3.80. The first kappa shape index (κ1) is 16.5. The Morgan fingerprint density at radius 2 is 1.70 bits per heavy atom. The molecular formula is C23H15BrFNO. The van der Waals surface area contributed by atoms with E-state index >= 15 is 0 Å². The van der Waals surface area contributed by atoms with E-state index in [1.165, 1.54) is 6.07 Å². The fourth-order valence-electron chi connectivity index (χ4n) is 3.66. The van der Waals surface area contributed by atoms with E-state index in [-0.39, 0.29) is 5.82 Å². The maximum absolute atomic E-state index is 14.0. The summed E-state index contributed by atoms with van der Waals surface area (Å²) < 4.78 is 21.2. The zero-order chi connectivity index (χ0) is 18.7. The minimum Gasteiger partial charge on any atom is -0.455 e. The first-order valence-corrected chi connectivity index (χ1v) is 9.50. The van der Waals surface area contributed by atoms with Gasteiger partial charge in [-0.2, -0.15) is 0 Å². The molecule has 0 spiro atoms. The van der Waals surface area contributed by atoms with Crippen molar-refractivity contribution in [1.82, 2.24) is 4.98 Å². The van der Waals surface area contributed by atoms with Gasteiger partial charge < -0.3 is 4.42 Å². The Kier molecular flexibility index (Phi) is 3.59. The Balaban J connectivity index is 1.90. The Morgan fingerprint density at radius 3 is 2.56 bits per heavy atom. The van der Waals surface area contributed by atoms with Gasteiger partial charge in [-0.1, -0.05) is 34.1 Å². The van der Waals surface area contributed by atoms with Gasteiger partial charge in [-0.25, -0.2) is 9.37 Å². The van der Waals surface area contributed by atoms with Gasteiger partial charge in [0.2, 0.25) is 0 Å². The zero-order valence-corrected chi connectivity index (χ0v) is 16.4. The Labute approximate surface area is 163 Å². The lowest BCUT2D eigenvalue weighted by Crippen LogP contribution is -1.88. The normalized spacial score (nSPS) is 11.7. The van der Waals surface area contributed by atoms with E-state index in [1.54, 1.807) is 13.0 Å². The Bertz CT molecular complexity index is 1370. The molecule has 2 heterocycles. The van der Waals surface area contributed by atoms with Crippen molar-refractivity contribution in [2.24, 2.45) is 0 Å². The fraction of sp³-hybridized carbons (Fsp3) is 0.0870. The van der Waals surface area contributed by atoms with E-state index < -0.39 is 0 Å². The molecule has 0 saturated carbocycles. The summed E-state index contributed by atoms with van der Waals surface area (Å²) in [5, 5.41) is 2.97. The molecule has 5 aromatic rings. The van der Waals surface area contributed by atoms with Crippen molar-refractivity contribution in [3.8, 4) is 11.3 Å². The third-order valence-corrected chi connectivity index (χ3v) is 5.67. The average Bonchev–Trinajstić information content (AvgIpc) is 3.03. The van der Waals surface area contributed by atoms with Crippen LogP contribution in [-0.2, 0) is 0 Å². The second kappa shape index (κ2) is 5.89. The molecule has 132 valence electrons. The van der Waals surface area contributed by atoms with E-state index in [4.69, 9.17) is 9.40 Å². The largest absolute Gasteiger partial charge is 0.455 e. The number of rotatable bonds is 1. The molecule has 0 radical (unpaired) electrons. The Hall–Kier alpha value is -2.72. The van der Waals surface area contributed by atoms with E-state index in [0.29, 0.717) is 11.1 Å². The molecule has 0 unspecified atom stereocenters. The summed E-state index contributed by atoms with van der Waals surface area (Å²) in [5.41, 5.74) is 5.61. The number of nitrogens with zero attached hydrogens (tertiary/aromatic N) is 1. The van der Waals surface area contributed by atoms with E-state index in [9.17, 15) is 4.39 Å². The highest BCUT2D eigenvalue weighted by Crippen LogP contribution is 2.39. The predicted molar refractivity (Wildman–Crippen MR) is 112 cm³/mol. The van der Waals surface area contributed by atoms with Crippen molar-refractivity contribution in [1.29, 1.82) is 0 Å². The van der Waals surface area contributed by atoms with Crippen molar-refractivity contribution >= 4 is 48.8 Å². The number of halogens is 2. The van der Waals surface area contributed by atoms with Crippen molar-refractivity contribution in [2.75, 3.05) is 0 Å². The number of fused-ring (bicyclic) bond motifs is 4. The van der Waals surface area contributed by atoms with Gasteiger partial charge >= 0.3 is 0 Å². The molecule has 0 aliphatic rings. The van der Waals surface area contributed by atoms with Gasteiger partial charge in [0.15, 0.2) is 0 Å². The lowest BCUT2D eigenvalue weighted by atomic mass is 10.0. The first-order valence-electron chi connectivity index (χ1n) is 8.70. The summed E-state index contributed by atoms with van der Waals surface area (Å²) >= 11 is 3.66. The molecule has 0 N–H and O–H groups in total. The number of hydrogen-bond acceptors (Lipinski definition) is 2. The summed E-state index contributed by atoms with van der Waals surface area (Å²) in [5.74, 6) is -0.258. The van der Waals surface area contributed by atoms with E-state index in [0.717, 1.165) is 48.6 Å². The van der Waals surface area contributed by atoms with Crippen molar-refractivity contribution in [3.05, 3.63) is 76.0 Å². The molecule has 0 atom stereocenters. The van der Waals surface area contributed by atoms with Gasteiger partial charge in [0, 0.05) is 31.8 Å². The van der Waals surface area contributed by atoms with Crippen LogP contribution in [0.3, 0.4) is 0 Å². The summed E-state index contributed by atoms with van der Waals surface area (Å²) in [7, 11) is 0. The van der Waals surface area contributed by atoms with Gasteiger partial charge in [-0.15, -0.1) is 0 Å². The summed E-state index contributed by atoms with van der Waals surface area (Å²) in [6.07, 6.45) is 0. The average molecular weight is 420 g/mol. The number of benzene rings is 3. The van der Waals surface area contributed by atoms with Crippen LogP contribution in [0.25, 0.3) is 44.1 Å². The van der Waals surface area contributed by atoms with Gasteiger partial charge in [0.1, 0.15) is 17.0 Å². The standard InChI is InChI=1S/C23H15BrFNO/c1-12-9-16-14-7-8-19(25)13(2)22(14)27-23(16)17(10-12)21-11-18(24)15-5-3-4-6-20(15)26-21/h3-11H,1-2H3. The highest BCUT2D eigenvalue weighted by Gasteiger charge is 2.17. The van der Waals surface area contributed by atoms with Crippen LogP contribution in [0, 0.1) is 19.7 Å². The van der Waals surface area contributed by atoms with Gasteiger partial charge in [0.25, 0.3) is 0 Å². The van der Waals surface area contributed by atoms with Crippen LogP contribution in [0.1, 0.15) is 11.1 Å². The quantitative estimate of drug-likeness (QED) is 0.284. The molecule has 5 rings (SSSR count). The number of pyridine rings is 1. The highest BCUT2D eigenvalue weighted by molar-refractivity contribution is 9.10. The molecule has 0 bridgehead atoms. The molecule has 2 nitrogen and oxygen atoms in total. The third kappa shape index (κ3) is 2.47. The van der Waals surface area contributed by atoms with Gasteiger partial charge in [-0.05, 0) is 55.8 Å². The Morgan fingerprint density at radius 1 is 0.889 bits per heavy atom. The second-order valence-corrected chi connectivity index (χ2v) is 7.70. The molecule has 0 amide bonds. The maximum Gasteiger partial charge on any atom is 0.144 e. The lowest BCUT2D eigenvalue weighted by Gasteiger charge is -2.07. The van der Waals surface area contributed by atoms with E-state index in [1.807, 2.05) is 37.3 Å². The van der Waals surface area contributed by atoms with Gasteiger partial charge in [-0.3, -0.25) is 0 Å². The van der Waals surface area contributed by atoms with Crippen LogP contribution < -0.4 is 0 Å². The molecule has 3 aromatic carbocycles. The van der Waals surface area contributed by atoms with E-state index in [2.05, 4.69) is 28.1 Å².